The number of carboxylic acid groups (broad SMARTS) is 1. The summed E-state index contributed by atoms with van der Waals surface area (Å²) in [5, 5.41) is 19.7. The van der Waals surface area contributed by atoms with Crippen LogP contribution < -0.4 is 0 Å². The fraction of sp³-hybridized carbons (Fsp3) is 0.375. The molecule has 0 saturated carbocycles. The second-order valence-corrected chi connectivity index (χ2v) is 10.7. The number of carboxylic acids is 1. The Morgan fingerprint density at radius 1 is 0.974 bits per heavy atom. The summed E-state index contributed by atoms with van der Waals surface area (Å²) in [7, 11) is 0. The van der Waals surface area contributed by atoms with E-state index < -0.39 is 17.6 Å². The van der Waals surface area contributed by atoms with Crippen molar-refractivity contribution < 1.29 is 31.2 Å². The van der Waals surface area contributed by atoms with Gasteiger partial charge in [0.1, 0.15) is 0 Å². The van der Waals surface area contributed by atoms with Crippen LogP contribution in [0.1, 0.15) is 62.8 Å². The van der Waals surface area contributed by atoms with E-state index in [0.29, 0.717) is 18.7 Å². The van der Waals surface area contributed by atoms with E-state index >= 15 is 0 Å². The minimum Gasteiger partial charge on any atom is -0.637 e. The van der Waals surface area contributed by atoms with Crippen molar-refractivity contribution in [3.05, 3.63) is 112 Å². The topological polar surface area (TPSA) is 85.8 Å². The van der Waals surface area contributed by atoms with Gasteiger partial charge >= 0.3 is 16.5 Å². The fourth-order valence-corrected chi connectivity index (χ4v) is 5.36. The van der Waals surface area contributed by atoms with Gasteiger partial charge in [0.05, 0.1) is 11.9 Å². The number of amides is 1. The van der Waals surface area contributed by atoms with Crippen molar-refractivity contribution >= 4 is 17.6 Å². The molecule has 1 heterocycles. The van der Waals surface area contributed by atoms with Crippen LogP contribution in [-0.2, 0) is 32.6 Å². The van der Waals surface area contributed by atoms with Crippen molar-refractivity contribution in [3.63, 3.8) is 0 Å². The smallest absolute Gasteiger partial charge is 0.637 e. The predicted molar refractivity (Wildman–Crippen MR) is 151 cm³/mol. The van der Waals surface area contributed by atoms with Crippen LogP contribution in [0.5, 0.6) is 0 Å². The largest absolute Gasteiger partial charge is 3.00 e. The van der Waals surface area contributed by atoms with Crippen LogP contribution >= 0.6 is 0 Å². The first-order chi connectivity index (χ1) is 18.3. The molecule has 1 aliphatic rings. The van der Waals surface area contributed by atoms with Gasteiger partial charge in [-0.25, -0.2) is 0 Å². The minimum atomic E-state index is -1.29. The van der Waals surface area contributed by atoms with Gasteiger partial charge in [-0.2, -0.15) is 0 Å². The number of para-hydroxylation sites is 1. The van der Waals surface area contributed by atoms with Crippen molar-refractivity contribution in [3.8, 4) is 0 Å². The molecule has 3 aromatic carbocycles. The second-order valence-electron chi connectivity index (χ2n) is 10.7. The second kappa shape index (κ2) is 13.9. The molecule has 3 aromatic rings. The number of nitrogens with zero attached hydrogens (tertiary/aromatic N) is 3. The van der Waals surface area contributed by atoms with Gasteiger partial charge in [0, 0.05) is 6.54 Å². The zero-order chi connectivity index (χ0) is 27.1. The van der Waals surface area contributed by atoms with Crippen LogP contribution in [0.4, 0.5) is 5.69 Å². The molecule has 2 unspecified atom stereocenters. The number of hydrogen-bond donors (Lipinski definition) is 1. The SMILES string of the molecule is CC(C)CC(C)([N-][C@H](c1ccccc1)c1ccccc1[N-]C(=O)C1CCCN1Cc1ccccc1)C(=O)O.[Ni+3]. The monoisotopic (exact) mass is 569 g/mol. The maximum absolute atomic E-state index is 13.5. The third-order valence-corrected chi connectivity index (χ3v) is 7.14. The quantitative estimate of drug-likeness (QED) is 0.247. The average Bonchev–Trinajstić information content (AvgIpc) is 3.37. The van der Waals surface area contributed by atoms with Gasteiger partial charge in [-0.1, -0.05) is 129 Å². The summed E-state index contributed by atoms with van der Waals surface area (Å²) in [4.78, 5) is 28.1. The number of benzene rings is 3. The maximum atomic E-state index is 13.5. The van der Waals surface area contributed by atoms with Crippen molar-refractivity contribution in [2.75, 3.05) is 6.54 Å². The summed E-state index contributed by atoms with van der Waals surface area (Å²) in [6.07, 6.45) is 2.13. The molecule has 4 rings (SSSR count). The summed E-state index contributed by atoms with van der Waals surface area (Å²) >= 11 is 0. The van der Waals surface area contributed by atoms with Crippen molar-refractivity contribution in [2.45, 2.75) is 64.2 Å². The summed E-state index contributed by atoms with van der Waals surface area (Å²) in [6, 6.07) is 26.5. The number of hydrogen-bond acceptors (Lipinski definition) is 3. The number of rotatable bonds is 11. The summed E-state index contributed by atoms with van der Waals surface area (Å²) in [6.45, 7) is 7.24. The zero-order valence-electron chi connectivity index (χ0n) is 22.8. The Hall–Kier alpha value is -2.99. The summed E-state index contributed by atoms with van der Waals surface area (Å²) < 4.78 is 0. The molecule has 1 N–H and O–H groups in total. The Morgan fingerprint density at radius 3 is 2.23 bits per heavy atom. The van der Waals surface area contributed by atoms with Gasteiger partial charge in [0.25, 0.3) is 5.97 Å². The molecule has 1 amide bonds. The Kier molecular flexibility index (Phi) is 10.9. The van der Waals surface area contributed by atoms with E-state index in [4.69, 9.17) is 5.32 Å². The predicted octanol–water partition coefficient (Wildman–Crippen LogP) is 7.23. The van der Waals surface area contributed by atoms with Crippen molar-refractivity contribution in [1.82, 2.24) is 4.90 Å². The molecule has 0 aromatic heterocycles. The Balaban J connectivity index is 0.00000420. The molecule has 0 bridgehead atoms. The maximum Gasteiger partial charge on any atom is 3.00 e. The van der Waals surface area contributed by atoms with Gasteiger partial charge in [0.2, 0.25) is 0 Å². The van der Waals surface area contributed by atoms with E-state index in [0.717, 1.165) is 30.5 Å². The molecule has 3 atom stereocenters. The minimum absolute atomic E-state index is 0. The van der Waals surface area contributed by atoms with Gasteiger partial charge in [0.15, 0.2) is 0 Å². The molecule has 207 valence electrons. The summed E-state index contributed by atoms with van der Waals surface area (Å²) in [5.74, 6) is -0.975. The van der Waals surface area contributed by atoms with E-state index in [-0.39, 0.29) is 34.4 Å². The molecule has 1 saturated heterocycles. The van der Waals surface area contributed by atoms with Gasteiger partial charge in [-0.15, -0.1) is 5.69 Å². The van der Waals surface area contributed by atoms with Crippen LogP contribution in [-0.4, -0.2) is 40.0 Å². The zero-order valence-corrected chi connectivity index (χ0v) is 23.8. The Labute approximate surface area is 242 Å². The first kappa shape index (κ1) is 30.6. The van der Waals surface area contributed by atoms with Gasteiger partial charge in [-0.3, -0.25) is 9.69 Å². The summed E-state index contributed by atoms with van der Waals surface area (Å²) in [5.41, 5.74) is 2.03. The normalized spacial score (nSPS) is 17.7. The molecule has 0 aliphatic carbocycles. The fourth-order valence-electron chi connectivity index (χ4n) is 5.36. The number of carbonyl (C=O) groups excluding carboxylic acids is 1. The van der Waals surface area contributed by atoms with E-state index in [9.17, 15) is 14.7 Å². The van der Waals surface area contributed by atoms with Crippen LogP contribution in [0.2, 0.25) is 0 Å². The van der Waals surface area contributed by atoms with Crippen LogP contribution in [0.25, 0.3) is 10.6 Å². The Morgan fingerprint density at radius 2 is 1.59 bits per heavy atom. The average molecular weight is 570 g/mol. The molecule has 39 heavy (non-hydrogen) atoms. The number of likely N-dealkylation sites (tertiary alicyclic amines) is 1. The standard InChI is InChI=1S/C32H38N3O3.Ni/c1-23(2)21-32(3,31(37)38)34-29(25-15-8-5-9-16-25)26-17-10-11-18-27(26)33-30(36)28-19-12-20-35(28)22-24-13-6-4-7-14-24;/h4-11,13-18,23,28-29H,12,19-22H2,1-3H3,(H2,33,36,37,38);/q-1;+3/p-1/t28?,29-,32?;/m1./s1. The van der Waals surface area contributed by atoms with Gasteiger partial charge in [-0.05, 0) is 36.4 Å². The van der Waals surface area contributed by atoms with Crippen molar-refractivity contribution in [2.24, 2.45) is 5.92 Å². The molecular weight excluding hydrogens is 533 g/mol. The third kappa shape index (κ3) is 7.78. The number of aliphatic carboxylic acids is 1. The Bertz CT molecular complexity index is 1220. The first-order valence-corrected chi connectivity index (χ1v) is 13.4. The van der Waals surface area contributed by atoms with Crippen LogP contribution in [0, 0.1) is 5.92 Å². The van der Waals surface area contributed by atoms with Crippen LogP contribution in [0.15, 0.2) is 84.9 Å². The van der Waals surface area contributed by atoms with Crippen molar-refractivity contribution in [1.29, 1.82) is 0 Å². The molecular formula is C32H37N3NiO3+. The number of carbonyl (C=O) groups is 2. The third-order valence-electron chi connectivity index (χ3n) is 7.14. The van der Waals surface area contributed by atoms with E-state index in [2.05, 4.69) is 22.3 Å². The van der Waals surface area contributed by atoms with E-state index in [1.165, 1.54) is 5.56 Å². The van der Waals surface area contributed by atoms with E-state index in [1.54, 1.807) is 6.92 Å². The molecule has 7 heteroatoms. The molecule has 1 aliphatic heterocycles. The molecule has 1 fully saturated rings. The molecule has 1 radical (unpaired) electrons. The first-order valence-electron chi connectivity index (χ1n) is 13.4. The van der Waals surface area contributed by atoms with E-state index in [1.807, 2.05) is 86.6 Å². The molecule has 6 nitrogen and oxygen atoms in total. The van der Waals surface area contributed by atoms with Crippen LogP contribution in [0.3, 0.4) is 0 Å². The molecule has 0 spiro atoms. The van der Waals surface area contributed by atoms with Gasteiger partial charge < -0.3 is 20.5 Å².